The number of carbonyl (C=O) groups is 2. The van der Waals surface area contributed by atoms with Crippen LogP contribution < -0.4 is 10.2 Å². The molecule has 0 saturated carbocycles. The van der Waals surface area contributed by atoms with Gasteiger partial charge in [0.25, 0.3) is 0 Å². The molecule has 1 fully saturated rings. The zero-order valence-electron chi connectivity index (χ0n) is 22.1. The number of aromatic nitrogens is 2. The standard InChI is InChI=1S/C31H28ClFN4O3S/c32-24-10-4-5-11-25(24)37-31-28(29(35-37)20-7-2-1-3-8-20)30(21-12-14-22(33)15-13-21)41-19-27(39)36(31)18-26(38)34-17-23-9-6-16-40-23/h1-5,7-8,10-15,23,30H,6,9,16-19H2,(H,34,38). The van der Waals surface area contributed by atoms with Crippen LogP contribution in [0.5, 0.6) is 0 Å². The minimum Gasteiger partial charge on any atom is -0.376 e. The lowest BCUT2D eigenvalue weighted by Crippen LogP contribution is -2.44. The number of benzene rings is 3. The first-order valence-corrected chi connectivity index (χ1v) is 14.9. The van der Waals surface area contributed by atoms with E-state index >= 15 is 0 Å². The van der Waals surface area contributed by atoms with Crippen LogP contribution in [0.25, 0.3) is 16.9 Å². The minimum atomic E-state index is -0.360. The van der Waals surface area contributed by atoms with Crippen molar-refractivity contribution < 1.29 is 18.7 Å². The summed E-state index contributed by atoms with van der Waals surface area (Å²) in [5.41, 5.74) is 3.66. The molecule has 3 heterocycles. The molecule has 210 valence electrons. The number of rotatable bonds is 7. The van der Waals surface area contributed by atoms with Crippen molar-refractivity contribution in [2.45, 2.75) is 24.2 Å². The Morgan fingerprint density at radius 2 is 1.83 bits per heavy atom. The molecule has 0 bridgehead atoms. The summed E-state index contributed by atoms with van der Waals surface area (Å²) in [4.78, 5) is 28.5. The molecule has 1 saturated heterocycles. The Balaban J connectivity index is 1.52. The molecule has 2 amide bonds. The molecule has 7 nitrogen and oxygen atoms in total. The second kappa shape index (κ2) is 12.1. The van der Waals surface area contributed by atoms with Crippen LogP contribution in [0.1, 0.15) is 29.2 Å². The largest absolute Gasteiger partial charge is 0.376 e. The fourth-order valence-electron chi connectivity index (χ4n) is 5.25. The molecule has 0 spiro atoms. The Bertz CT molecular complexity index is 1560. The van der Waals surface area contributed by atoms with Gasteiger partial charge >= 0.3 is 0 Å². The lowest BCUT2D eigenvalue weighted by atomic mass is 9.99. The third kappa shape index (κ3) is 5.75. The molecule has 0 aliphatic carbocycles. The van der Waals surface area contributed by atoms with E-state index < -0.39 is 0 Å². The summed E-state index contributed by atoms with van der Waals surface area (Å²) >= 11 is 8.10. The lowest BCUT2D eigenvalue weighted by molar-refractivity contribution is -0.123. The van der Waals surface area contributed by atoms with E-state index in [0.29, 0.717) is 35.4 Å². The van der Waals surface area contributed by atoms with E-state index in [0.717, 1.165) is 29.5 Å². The van der Waals surface area contributed by atoms with Gasteiger partial charge in [0.1, 0.15) is 18.2 Å². The number of anilines is 1. The zero-order valence-corrected chi connectivity index (χ0v) is 23.7. The van der Waals surface area contributed by atoms with Crippen LogP contribution in [0, 0.1) is 5.82 Å². The van der Waals surface area contributed by atoms with E-state index in [-0.39, 0.29) is 41.3 Å². The van der Waals surface area contributed by atoms with Crippen molar-refractivity contribution in [2.24, 2.45) is 0 Å². The summed E-state index contributed by atoms with van der Waals surface area (Å²) in [5.74, 6) is -0.289. The van der Waals surface area contributed by atoms with Crippen molar-refractivity contribution in [3.63, 3.8) is 0 Å². The van der Waals surface area contributed by atoms with Gasteiger partial charge in [0, 0.05) is 24.3 Å². The van der Waals surface area contributed by atoms with Crippen LogP contribution in [0.4, 0.5) is 10.2 Å². The van der Waals surface area contributed by atoms with Gasteiger partial charge in [0.2, 0.25) is 11.8 Å². The van der Waals surface area contributed by atoms with E-state index in [1.807, 2.05) is 48.5 Å². The van der Waals surface area contributed by atoms with Gasteiger partial charge in [-0.1, -0.05) is 66.2 Å². The topological polar surface area (TPSA) is 76.5 Å². The number of amides is 2. The molecule has 10 heteroatoms. The predicted octanol–water partition coefficient (Wildman–Crippen LogP) is 5.80. The van der Waals surface area contributed by atoms with Crippen LogP contribution in [0.3, 0.4) is 0 Å². The third-order valence-electron chi connectivity index (χ3n) is 7.24. The molecule has 3 aromatic carbocycles. The van der Waals surface area contributed by atoms with Gasteiger partial charge in [-0.05, 0) is 42.7 Å². The van der Waals surface area contributed by atoms with E-state index in [1.54, 1.807) is 22.9 Å². The van der Waals surface area contributed by atoms with Crippen LogP contribution in [0.2, 0.25) is 5.02 Å². The SMILES string of the molecule is O=C(CN1C(=O)CSC(c2ccc(F)cc2)c2c(-c3ccccc3)nn(-c3ccccc3Cl)c21)NCC1CCCO1. The Hall–Kier alpha value is -3.66. The Labute approximate surface area is 246 Å². The molecule has 6 rings (SSSR count). The summed E-state index contributed by atoms with van der Waals surface area (Å²) < 4.78 is 21.3. The maximum absolute atomic E-state index is 13.9. The fourth-order valence-corrected chi connectivity index (χ4v) is 6.67. The highest BCUT2D eigenvalue weighted by Gasteiger charge is 2.38. The first-order valence-electron chi connectivity index (χ1n) is 13.5. The second-order valence-electron chi connectivity index (χ2n) is 9.98. The van der Waals surface area contributed by atoms with Gasteiger partial charge in [-0.25, -0.2) is 9.07 Å². The highest BCUT2D eigenvalue weighted by Crippen LogP contribution is 2.48. The Kier molecular flexibility index (Phi) is 8.09. The normalized spacial score (nSPS) is 18.7. The highest BCUT2D eigenvalue weighted by atomic mass is 35.5. The number of hydrogen-bond donors (Lipinski definition) is 1. The van der Waals surface area contributed by atoms with E-state index in [1.165, 1.54) is 28.8 Å². The van der Waals surface area contributed by atoms with Gasteiger partial charge in [0.05, 0.1) is 33.5 Å². The summed E-state index contributed by atoms with van der Waals surface area (Å²) in [6.45, 7) is 0.884. The number of hydrogen-bond acceptors (Lipinski definition) is 5. The van der Waals surface area contributed by atoms with Crippen molar-refractivity contribution in [3.05, 3.63) is 101 Å². The molecule has 0 radical (unpaired) electrons. The predicted molar refractivity (Wildman–Crippen MR) is 159 cm³/mol. The maximum atomic E-state index is 13.9. The summed E-state index contributed by atoms with van der Waals surface area (Å²) in [6, 6.07) is 23.2. The Morgan fingerprint density at radius 3 is 2.56 bits per heavy atom. The highest BCUT2D eigenvalue weighted by molar-refractivity contribution is 8.00. The molecule has 4 aromatic rings. The number of nitrogens with one attached hydrogen (secondary N) is 1. The van der Waals surface area contributed by atoms with Crippen molar-refractivity contribution in [3.8, 4) is 16.9 Å². The summed E-state index contributed by atoms with van der Waals surface area (Å²) in [5, 5.41) is 8.06. The van der Waals surface area contributed by atoms with Crippen LogP contribution in [0.15, 0.2) is 78.9 Å². The van der Waals surface area contributed by atoms with Gasteiger partial charge < -0.3 is 10.1 Å². The van der Waals surface area contributed by atoms with Crippen molar-refractivity contribution in [2.75, 3.05) is 30.3 Å². The van der Waals surface area contributed by atoms with Gasteiger partial charge in [-0.3, -0.25) is 14.5 Å². The summed E-state index contributed by atoms with van der Waals surface area (Å²) in [6.07, 6.45) is 1.84. The van der Waals surface area contributed by atoms with E-state index in [2.05, 4.69) is 5.32 Å². The van der Waals surface area contributed by atoms with Crippen molar-refractivity contribution >= 4 is 41.0 Å². The number of carbonyl (C=O) groups excluding carboxylic acids is 2. The number of halogens is 2. The second-order valence-corrected chi connectivity index (χ2v) is 11.5. The zero-order chi connectivity index (χ0) is 28.3. The van der Waals surface area contributed by atoms with Crippen LogP contribution in [-0.4, -0.2) is 53.1 Å². The molecule has 1 aromatic heterocycles. The van der Waals surface area contributed by atoms with Gasteiger partial charge in [-0.2, -0.15) is 5.10 Å². The van der Waals surface area contributed by atoms with E-state index in [4.69, 9.17) is 21.4 Å². The molecular formula is C31H28ClFN4O3S. The lowest BCUT2D eigenvalue weighted by Gasteiger charge is -2.24. The molecule has 1 N–H and O–H groups in total. The molecular weight excluding hydrogens is 563 g/mol. The van der Waals surface area contributed by atoms with Crippen molar-refractivity contribution in [1.82, 2.24) is 15.1 Å². The molecule has 2 atom stereocenters. The van der Waals surface area contributed by atoms with Crippen molar-refractivity contribution in [1.29, 1.82) is 0 Å². The molecule has 2 aliphatic heterocycles. The number of nitrogens with zero attached hydrogens (tertiary/aromatic N) is 3. The monoisotopic (exact) mass is 590 g/mol. The minimum absolute atomic E-state index is 0.0221. The Morgan fingerprint density at radius 1 is 1.07 bits per heavy atom. The quantitative estimate of drug-likeness (QED) is 0.295. The first-order chi connectivity index (χ1) is 20.0. The first kappa shape index (κ1) is 27.5. The molecule has 41 heavy (non-hydrogen) atoms. The van der Waals surface area contributed by atoms with Gasteiger partial charge in [-0.15, -0.1) is 11.8 Å². The molecule has 2 aliphatic rings. The number of para-hydroxylation sites is 1. The number of fused-ring (bicyclic) bond motifs is 1. The maximum Gasteiger partial charge on any atom is 0.240 e. The smallest absolute Gasteiger partial charge is 0.240 e. The molecule has 2 unspecified atom stereocenters. The summed E-state index contributed by atoms with van der Waals surface area (Å²) in [7, 11) is 0. The van der Waals surface area contributed by atoms with Gasteiger partial charge in [0.15, 0.2) is 0 Å². The average molecular weight is 591 g/mol. The average Bonchev–Trinajstić information content (AvgIpc) is 3.62. The van der Waals surface area contributed by atoms with Crippen LogP contribution in [-0.2, 0) is 14.3 Å². The van der Waals surface area contributed by atoms with Crippen LogP contribution >= 0.6 is 23.4 Å². The number of ether oxygens (including phenoxy) is 1. The number of thioether (sulfide) groups is 1. The third-order valence-corrected chi connectivity index (χ3v) is 8.82. The fraction of sp³-hybridized carbons (Fsp3) is 0.258. The van der Waals surface area contributed by atoms with E-state index in [9.17, 15) is 14.0 Å².